The molecule has 0 spiro atoms. The molecule has 0 N–H and O–H groups in total. The highest BCUT2D eigenvalue weighted by molar-refractivity contribution is 9.10. The minimum Gasteiger partial charge on any atom is -0.380 e. The molecule has 0 fully saturated rings. The van der Waals surface area contributed by atoms with E-state index in [9.17, 15) is 0 Å². The highest BCUT2D eigenvalue weighted by Crippen LogP contribution is 2.27. The molecular formula is C15H21BrClN3O. The van der Waals surface area contributed by atoms with Crippen molar-refractivity contribution in [1.82, 2.24) is 14.5 Å². The van der Waals surface area contributed by atoms with Gasteiger partial charge in [0.25, 0.3) is 0 Å². The molecule has 0 aliphatic carbocycles. The van der Waals surface area contributed by atoms with Gasteiger partial charge in [-0.25, -0.2) is 9.97 Å². The van der Waals surface area contributed by atoms with Gasteiger partial charge in [-0.15, -0.1) is 11.6 Å². The van der Waals surface area contributed by atoms with Gasteiger partial charge in [-0.05, 0) is 34.8 Å². The fourth-order valence-electron chi connectivity index (χ4n) is 2.42. The average molecular weight is 375 g/mol. The summed E-state index contributed by atoms with van der Waals surface area (Å²) in [6.45, 7) is 7.77. The number of alkyl halides is 1. The van der Waals surface area contributed by atoms with Crippen LogP contribution in [0.1, 0.15) is 32.6 Å². The Kier molecular flexibility index (Phi) is 6.02. The summed E-state index contributed by atoms with van der Waals surface area (Å²) in [5.41, 5.74) is 1.79. The number of aromatic nitrogens is 3. The van der Waals surface area contributed by atoms with Crippen molar-refractivity contribution in [2.75, 3.05) is 19.1 Å². The van der Waals surface area contributed by atoms with Crippen LogP contribution >= 0.6 is 27.5 Å². The molecule has 0 aromatic carbocycles. The molecule has 6 heteroatoms. The Hall–Kier alpha value is -0.650. The van der Waals surface area contributed by atoms with E-state index in [0.29, 0.717) is 25.0 Å². The number of imidazole rings is 1. The van der Waals surface area contributed by atoms with Crippen molar-refractivity contribution in [1.29, 1.82) is 0 Å². The predicted molar refractivity (Wildman–Crippen MR) is 90.0 cm³/mol. The number of hydrogen-bond acceptors (Lipinski definition) is 3. The number of ether oxygens (including phenoxy) is 1. The monoisotopic (exact) mass is 373 g/mol. The second-order valence-electron chi connectivity index (χ2n) is 5.30. The van der Waals surface area contributed by atoms with Gasteiger partial charge in [-0.2, -0.15) is 0 Å². The largest absolute Gasteiger partial charge is 0.380 e. The van der Waals surface area contributed by atoms with Gasteiger partial charge in [0.15, 0.2) is 5.65 Å². The molecular weight excluding hydrogens is 354 g/mol. The maximum absolute atomic E-state index is 5.94. The van der Waals surface area contributed by atoms with E-state index in [0.717, 1.165) is 27.9 Å². The normalized spacial score (nSPS) is 13.2. The molecule has 1 atom stereocenters. The first-order chi connectivity index (χ1) is 10.1. The number of rotatable bonds is 7. The Labute approximate surface area is 139 Å². The van der Waals surface area contributed by atoms with E-state index in [1.807, 2.05) is 19.2 Å². The van der Waals surface area contributed by atoms with Crippen molar-refractivity contribution >= 4 is 38.7 Å². The third-order valence-electron chi connectivity index (χ3n) is 3.48. The molecule has 2 aromatic heterocycles. The third-order valence-corrected chi connectivity index (χ3v) is 4.10. The van der Waals surface area contributed by atoms with E-state index in [2.05, 4.69) is 39.3 Å². The van der Waals surface area contributed by atoms with E-state index in [1.54, 1.807) is 0 Å². The maximum Gasteiger partial charge on any atom is 0.160 e. The Balaban J connectivity index is 2.53. The zero-order valence-corrected chi connectivity index (χ0v) is 15.0. The van der Waals surface area contributed by atoms with Crippen molar-refractivity contribution in [3.63, 3.8) is 0 Å². The van der Waals surface area contributed by atoms with Crippen LogP contribution in [-0.4, -0.2) is 33.6 Å². The van der Waals surface area contributed by atoms with E-state index in [-0.39, 0.29) is 6.04 Å². The van der Waals surface area contributed by atoms with Gasteiger partial charge in [-0.3, -0.25) is 0 Å². The van der Waals surface area contributed by atoms with Crippen LogP contribution in [-0.2, 0) is 11.2 Å². The van der Waals surface area contributed by atoms with Gasteiger partial charge in [-0.1, -0.05) is 13.8 Å². The Morgan fingerprint density at radius 1 is 1.43 bits per heavy atom. The van der Waals surface area contributed by atoms with Gasteiger partial charge in [0.2, 0.25) is 0 Å². The van der Waals surface area contributed by atoms with Gasteiger partial charge in [0, 0.05) is 29.6 Å². The molecule has 2 heterocycles. The van der Waals surface area contributed by atoms with E-state index in [1.165, 1.54) is 0 Å². The molecule has 21 heavy (non-hydrogen) atoms. The van der Waals surface area contributed by atoms with Crippen LogP contribution in [0.3, 0.4) is 0 Å². The highest BCUT2D eigenvalue weighted by atomic mass is 79.9. The van der Waals surface area contributed by atoms with E-state index < -0.39 is 0 Å². The molecule has 1 unspecified atom stereocenters. The minimum absolute atomic E-state index is 0.210. The number of nitrogens with zero attached hydrogens (tertiary/aromatic N) is 3. The minimum atomic E-state index is 0.210. The van der Waals surface area contributed by atoms with Gasteiger partial charge in [0.1, 0.15) is 11.3 Å². The summed E-state index contributed by atoms with van der Waals surface area (Å²) in [4.78, 5) is 9.26. The summed E-state index contributed by atoms with van der Waals surface area (Å²) in [6, 6.07) is 2.20. The van der Waals surface area contributed by atoms with Crippen molar-refractivity contribution in [3.8, 4) is 0 Å². The zero-order chi connectivity index (χ0) is 15.4. The van der Waals surface area contributed by atoms with Crippen molar-refractivity contribution < 1.29 is 4.74 Å². The van der Waals surface area contributed by atoms with Crippen molar-refractivity contribution in [2.24, 2.45) is 5.92 Å². The van der Waals surface area contributed by atoms with Gasteiger partial charge >= 0.3 is 0 Å². The van der Waals surface area contributed by atoms with Crippen LogP contribution in [0.5, 0.6) is 0 Å². The molecule has 4 nitrogen and oxygen atoms in total. The van der Waals surface area contributed by atoms with Crippen LogP contribution in [0.4, 0.5) is 0 Å². The number of hydrogen-bond donors (Lipinski definition) is 0. The molecule has 0 saturated carbocycles. The molecule has 0 radical (unpaired) electrons. The highest BCUT2D eigenvalue weighted by Gasteiger charge is 2.23. The average Bonchev–Trinajstić information content (AvgIpc) is 2.77. The van der Waals surface area contributed by atoms with Crippen LogP contribution in [0.25, 0.3) is 11.2 Å². The molecule has 0 amide bonds. The lowest BCUT2D eigenvalue weighted by molar-refractivity contribution is 0.0967. The second-order valence-corrected chi connectivity index (χ2v) is 6.60. The number of aryl methyl sites for hydroxylation is 1. The number of pyridine rings is 1. The number of halogens is 2. The first kappa shape index (κ1) is 16.7. The number of fused-ring (bicyclic) bond motifs is 1. The van der Waals surface area contributed by atoms with Crippen LogP contribution < -0.4 is 0 Å². The summed E-state index contributed by atoms with van der Waals surface area (Å²) in [5, 5.41) is 0. The second kappa shape index (κ2) is 7.56. The maximum atomic E-state index is 5.94. The van der Waals surface area contributed by atoms with Crippen molar-refractivity contribution in [3.05, 3.63) is 22.6 Å². The lowest BCUT2D eigenvalue weighted by atomic mass is 10.0. The van der Waals surface area contributed by atoms with Gasteiger partial charge in [0.05, 0.1) is 12.6 Å². The molecule has 0 bridgehead atoms. The first-order valence-corrected chi connectivity index (χ1v) is 8.57. The summed E-state index contributed by atoms with van der Waals surface area (Å²) in [7, 11) is 0. The summed E-state index contributed by atoms with van der Waals surface area (Å²) in [5.74, 6) is 1.95. The fourth-order valence-corrected chi connectivity index (χ4v) is 2.91. The Bertz CT molecular complexity index is 600. The molecule has 2 aromatic rings. The molecule has 2 rings (SSSR count). The van der Waals surface area contributed by atoms with E-state index in [4.69, 9.17) is 21.3 Å². The first-order valence-electron chi connectivity index (χ1n) is 7.24. The topological polar surface area (TPSA) is 39.9 Å². The van der Waals surface area contributed by atoms with Gasteiger partial charge < -0.3 is 9.30 Å². The third kappa shape index (κ3) is 3.76. The van der Waals surface area contributed by atoms with Crippen LogP contribution in [0.2, 0.25) is 0 Å². The quantitative estimate of drug-likeness (QED) is 0.682. The standard InChI is InChI=1S/C15H21BrClN3O/c1-4-21-9-13(10(2)3)20-14(5-6-17)19-12-7-11(16)8-18-15(12)20/h7-8,10,13H,4-6,9H2,1-3H3. The van der Waals surface area contributed by atoms with Crippen molar-refractivity contribution in [2.45, 2.75) is 33.2 Å². The molecule has 0 aliphatic rings. The molecule has 0 aliphatic heterocycles. The molecule has 0 saturated heterocycles. The SMILES string of the molecule is CCOCC(C(C)C)n1c(CCCl)nc2cc(Br)cnc21. The summed E-state index contributed by atoms with van der Waals surface area (Å²) < 4.78 is 8.80. The van der Waals surface area contributed by atoms with E-state index >= 15 is 0 Å². The lowest BCUT2D eigenvalue weighted by Gasteiger charge is -2.24. The Morgan fingerprint density at radius 2 is 2.19 bits per heavy atom. The summed E-state index contributed by atoms with van der Waals surface area (Å²) >= 11 is 9.39. The lowest BCUT2D eigenvalue weighted by Crippen LogP contribution is -2.23. The molecule has 116 valence electrons. The fraction of sp³-hybridized carbons (Fsp3) is 0.600. The zero-order valence-electron chi connectivity index (χ0n) is 12.6. The smallest absolute Gasteiger partial charge is 0.160 e. The Morgan fingerprint density at radius 3 is 2.81 bits per heavy atom. The van der Waals surface area contributed by atoms with Crippen LogP contribution in [0.15, 0.2) is 16.7 Å². The summed E-state index contributed by atoms with van der Waals surface area (Å²) in [6.07, 6.45) is 2.54. The predicted octanol–water partition coefficient (Wildman–Crippen LogP) is 4.21. The van der Waals surface area contributed by atoms with Crippen LogP contribution in [0, 0.1) is 5.92 Å².